The maximum absolute atomic E-state index is 12.0. The summed E-state index contributed by atoms with van der Waals surface area (Å²) < 4.78 is 27.4. The summed E-state index contributed by atoms with van der Waals surface area (Å²) in [5.74, 6) is -1.02. The summed E-state index contributed by atoms with van der Waals surface area (Å²) in [6.45, 7) is 5.38. The minimum absolute atomic E-state index is 0.147. The third-order valence-electron chi connectivity index (χ3n) is 2.58. The first-order valence-electron chi connectivity index (χ1n) is 5.88. The predicted octanol–water partition coefficient (Wildman–Crippen LogP) is -0.786. The van der Waals surface area contributed by atoms with E-state index in [1.807, 2.05) is 13.8 Å². The molecule has 1 rings (SSSR count). The van der Waals surface area contributed by atoms with Gasteiger partial charge in [-0.3, -0.25) is 14.9 Å². The van der Waals surface area contributed by atoms with Gasteiger partial charge in [-0.05, 0) is 12.3 Å². The molecule has 1 heterocycles. The summed E-state index contributed by atoms with van der Waals surface area (Å²) in [5.41, 5.74) is 0. The molecule has 1 saturated heterocycles. The Balaban J connectivity index is 2.89. The molecule has 8 heteroatoms. The second-order valence-corrected chi connectivity index (χ2v) is 6.34. The topological polar surface area (TPSA) is 95.6 Å². The number of carbonyl (C=O) groups excluding carboxylic acids is 2. The van der Waals surface area contributed by atoms with E-state index in [1.165, 1.54) is 0 Å². The van der Waals surface area contributed by atoms with Gasteiger partial charge >= 0.3 is 0 Å². The van der Waals surface area contributed by atoms with Crippen LogP contribution < -0.4 is 10.0 Å². The Hall–Kier alpha value is -0.990. The largest absolute Gasteiger partial charge is 0.294 e. The van der Waals surface area contributed by atoms with E-state index in [1.54, 1.807) is 6.92 Å². The minimum Gasteiger partial charge on any atom is -0.294 e. The number of amides is 2. The Morgan fingerprint density at radius 2 is 2.06 bits per heavy atom. The van der Waals surface area contributed by atoms with Gasteiger partial charge in [-0.2, -0.15) is 12.7 Å². The van der Waals surface area contributed by atoms with E-state index in [-0.39, 0.29) is 19.0 Å². The van der Waals surface area contributed by atoms with Gasteiger partial charge in [0.1, 0.15) is 6.04 Å². The van der Waals surface area contributed by atoms with Gasteiger partial charge in [-0.25, -0.2) is 4.72 Å². The highest BCUT2D eigenvalue weighted by Gasteiger charge is 2.39. The van der Waals surface area contributed by atoms with E-state index in [4.69, 9.17) is 0 Å². The van der Waals surface area contributed by atoms with Crippen LogP contribution in [0.15, 0.2) is 0 Å². The molecule has 2 N–H and O–H groups in total. The molecule has 7 nitrogen and oxygen atoms in total. The van der Waals surface area contributed by atoms with Crippen molar-refractivity contribution >= 4 is 22.0 Å². The van der Waals surface area contributed by atoms with Crippen LogP contribution in [0, 0.1) is 5.92 Å². The van der Waals surface area contributed by atoms with Gasteiger partial charge in [0.2, 0.25) is 11.8 Å². The Bertz CT molecular complexity index is 432. The molecule has 0 bridgehead atoms. The molecule has 18 heavy (non-hydrogen) atoms. The lowest BCUT2D eigenvalue weighted by Crippen LogP contribution is -2.61. The van der Waals surface area contributed by atoms with Crippen LogP contribution in [-0.4, -0.2) is 43.7 Å². The van der Waals surface area contributed by atoms with Crippen molar-refractivity contribution in [3.63, 3.8) is 0 Å². The third-order valence-corrected chi connectivity index (χ3v) is 4.11. The summed E-state index contributed by atoms with van der Waals surface area (Å²) in [5, 5.41) is 2.14. The first-order chi connectivity index (χ1) is 8.27. The van der Waals surface area contributed by atoms with E-state index in [0.717, 1.165) is 4.31 Å². The summed E-state index contributed by atoms with van der Waals surface area (Å²) in [6.07, 6.45) is 0.321. The van der Waals surface area contributed by atoms with Crippen LogP contribution in [-0.2, 0) is 19.8 Å². The number of rotatable bonds is 5. The molecule has 1 fully saturated rings. The maximum Gasteiger partial charge on any atom is 0.280 e. The Kier molecular flexibility index (Phi) is 4.83. The van der Waals surface area contributed by atoms with Crippen molar-refractivity contribution in [2.75, 3.05) is 13.1 Å². The quantitative estimate of drug-likeness (QED) is 0.644. The van der Waals surface area contributed by atoms with Crippen molar-refractivity contribution in [2.24, 2.45) is 5.92 Å². The van der Waals surface area contributed by atoms with Crippen molar-refractivity contribution in [2.45, 2.75) is 33.2 Å². The van der Waals surface area contributed by atoms with Crippen LogP contribution in [0.25, 0.3) is 0 Å². The molecule has 0 radical (unpaired) electrons. The average molecular weight is 277 g/mol. The molecule has 0 aromatic carbocycles. The number of hydrogen-bond donors (Lipinski definition) is 2. The van der Waals surface area contributed by atoms with Crippen LogP contribution in [0.1, 0.15) is 27.2 Å². The number of hydrogen-bond acceptors (Lipinski definition) is 4. The SMILES string of the molecule is CCC1C(=O)NC(=O)CN1S(=O)(=O)NCC(C)C. The molecule has 104 valence electrons. The van der Waals surface area contributed by atoms with Crippen LogP contribution in [0.5, 0.6) is 0 Å². The summed E-state index contributed by atoms with van der Waals surface area (Å²) in [6, 6.07) is -0.827. The molecule has 0 aromatic rings. The number of piperazine rings is 1. The lowest BCUT2D eigenvalue weighted by atomic mass is 10.2. The number of nitrogens with zero attached hydrogens (tertiary/aromatic N) is 1. The van der Waals surface area contributed by atoms with E-state index in [2.05, 4.69) is 10.0 Å². The summed E-state index contributed by atoms with van der Waals surface area (Å²) >= 11 is 0. The average Bonchev–Trinajstić information content (AvgIpc) is 2.25. The second kappa shape index (κ2) is 5.77. The molecular weight excluding hydrogens is 258 g/mol. The molecule has 0 aliphatic carbocycles. The van der Waals surface area contributed by atoms with Gasteiger partial charge in [0, 0.05) is 6.54 Å². The highest BCUT2D eigenvalue weighted by Crippen LogP contribution is 2.13. The standard InChI is InChI=1S/C10H19N3O4S/c1-4-8-10(15)12-9(14)6-13(8)18(16,17)11-5-7(2)3/h7-8,11H,4-6H2,1-3H3,(H,12,14,15). The highest BCUT2D eigenvalue weighted by molar-refractivity contribution is 7.87. The van der Waals surface area contributed by atoms with E-state index >= 15 is 0 Å². The Labute approximate surface area is 107 Å². The molecule has 0 aromatic heterocycles. The van der Waals surface area contributed by atoms with Crippen LogP contribution in [0.3, 0.4) is 0 Å². The van der Waals surface area contributed by atoms with Crippen LogP contribution >= 0.6 is 0 Å². The zero-order valence-corrected chi connectivity index (χ0v) is 11.6. The van der Waals surface area contributed by atoms with Crippen LogP contribution in [0.2, 0.25) is 0 Å². The molecule has 1 aliphatic rings. The van der Waals surface area contributed by atoms with E-state index in [9.17, 15) is 18.0 Å². The zero-order chi connectivity index (χ0) is 13.9. The lowest BCUT2D eigenvalue weighted by molar-refractivity contribution is -0.137. The molecule has 0 spiro atoms. The molecule has 1 unspecified atom stereocenters. The molecule has 1 aliphatic heterocycles. The van der Waals surface area contributed by atoms with Gasteiger partial charge in [-0.1, -0.05) is 20.8 Å². The Morgan fingerprint density at radius 1 is 1.44 bits per heavy atom. The van der Waals surface area contributed by atoms with Crippen molar-refractivity contribution in [1.29, 1.82) is 0 Å². The zero-order valence-electron chi connectivity index (χ0n) is 10.8. The number of imide groups is 1. The molecule has 1 atom stereocenters. The number of carbonyl (C=O) groups is 2. The normalized spacial score (nSPS) is 22.3. The molecular formula is C10H19N3O4S. The van der Waals surface area contributed by atoms with Crippen molar-refractivity contribution in [3.8, 4) is 0 Å². The Morgan fingerprint density at radius 3 is 2.56 bits per heavy atom. The molecule has 0 saturated carbocycles. The summed E-state index contributed by atoms with van der Waals surface area (Å²) in [4.78, 5) is 22.8. The fourth-order valence-corrected chi connectivity index (χ4v) is 3.22. The minimum atomic E-state index is -3.80. The molecule has 2 amide bonds. The van der Waals surface area contributed by atoms with Gasteiger partial charge in [0.05, 0.1) is 6.54 Å². The van der Waals surface area contributed by atoms with Gasteiger partial charge in [0.25, 0.3) is 10.2 Å². The first kappa shape index (κ1) is 15.1. The highest BCUT2D eigenvalue weighted by atomic mass is 32.2. The van der Waals surface area contributed by atoms with Crippen molar-refractivity contribution in [3.05, 3.63) is 0 Å². The van der Waals surface area contributed by atoms with E-state index in [0.29, 0.717) is 6.42 Å². The van der Waals surface area contributed by atoms with Gasteiger partial charge in [0.15, 0.2) is 0 Å². The van der Waals surface area contributed by atoms with E-state index < -0.39 is 28.1 Å². The summed E-state index contributed by atoms with van der Waals surface area (Å²) in [7, 11) is -3.80. The maximum atomic E-state index is 12.0. The fraction of sp³-hybridized carbons (Fsp3) is 0.800. The lowest BCUT2D eigenvalue weighted by Gasteiger charge is -2.32. The third kappa shape index (κ3) is 3.50. The van der Waals surface area contributed by atoms with Gasteiger partial charge in [-0.15, -0.1) is 0 Å². The monoisotopic (exact) mass is 277 g/mol. The van der Waals surface area contributed by atoms with Gasteiger partial charge < -0.3 is 0 Å². The second-order valence-electron chi connectivity index (χ2n) is 4.63. The van der Waals surface area contributed by atoms with Crippen LogP contribution in [0.4, 0.5) is 0 Å². The first-order valence-corrected chi connectivity index (χ1v) is 7.32. The predicted molar refractivity (Wildman–Crippen MR) is 65.7 cm³/mol. The van der Waals surface area contributed by atoms with Crippen molar-refractivity contribution in [1.82, 2.24) is 14.3 Å². The van der Waals surface area contributed by atoms with Crippen molar-refractivity contribution < 1.29 is 18.0 Å². The number of nitrogens with one attached hydrogen (secondary N) is 2. The fourth-order valence-electron chi connectivity index (χ4n) is 1.64. The smallest absolute Gasteiger partial charge is 0.280 e.